The quantitative estimate of drug-likeness (QED) is 0.251. The van der Waals surface area contributed by atoms with Crippen molar-refractivity contribution in [2.75, 3.05) is 0 Å². The largest absolute Gasteiger partial charge is 0.340 e. The van der Waals surface area contributed by atoms with Crippen LogP contribution in [0.1, 0.15) is 32.6 Å². The fraction of sp³-hybridized carbons (Fsp3) is 0.214. The van der Waals surface area contributed by atoms with Crippen LogP contribution in [0.25, 0.3) is 52.8 Å². The first kappa shape index (κ1) is 18.0. The van der Waals surface area contributed by atoms with Crippen molar-refractivity contribution in [1.29, 1.82) is 0 Å². The van der Waals surface area contributed by atoms with Gasteiger partial charge in [0.15, 0.2) is 0 Å². The van der Waals surface area contributed by atoms with E-state index in [1.165, 1.54) is 78.4 Å². The molecule has 0 aliphatic rings. The molecule has 0 aliphatic carbocycles. The lowest BCUT2D eigenvalue weighted by Crippen LogP contribution is -1.98. The Bertz CT molecular complexity index is 1530. The second-order valence-corrected chi connectivity index (χ2v) is 9.38. The van der Waals surface area contributed by atoms with Crippen LogP contribution in [0.4, 0.5) is 0 Å². The molecule has 2 aromatic heterocycles. The lowest BCUT2D eigenvalue weighted by molar-refractivity contribution is 0.603. The molecule has 2 heterocycles. The van der Waals surface area contributed by atoms with E-state index < -0.39 is 0 Å². The Balaban J connectivity index is 1.68. The predicted molar refractivity (Wildman–Crippen MR) is 134 cm³/mol. The van der Waals surface area contributed by atoms with E-state index in [0.29, 0.717) is 0 Å². The number of nitrogens with zero attached hydrogens (tertiary/aromatic N) is 1. The lowest BCUT2D eigenvalue weighted by Gasteiger charge is -2.10. The second-order valence-electron chi connectivity index (χ2n) is 8.33. The summed E-state index contributed by atoms with van der Waals surface area (Å²) in [6.07, 6.45) is 5.14. The molecule has 0 saturated heterocycles. The molecule has 0 aliphatic heterocycles. The maximum Gasteiger partial charge on any atom is 0.0571 e. The fourth-order valence-electron chi connectivity index (χ4n) is 5.07. The number of rotatable bonds is 5. The normalized spacial score (nSPS) is 12.2. The zero-order valence-corrected chi connectivity index (χ0v) is 18.1. The van der Waals surface area contributed by atoms with Gasteiger partial charge in [-0.15, -0.1) is 11.3 Å². The highest BCUT2D eigenvalue weighted by Gasteiger charge is 2.15. The number of unbranched alkanes of at least 4 members (excludes halogenated alkanes) is 3. The summed E-state index contributed by atoms with van der Waals surface area (Å²) in [5.74, 6) is 0. The van der Waals surface area contributed by atoms with Crippen molar-refractivity contribution in [3.05, 3.63) is 72.8 Å². The molecular formula is C28H25NS. The minimum Gasteiger partial charge on any atom is -0.340 e. The van der Waals surface area contributed by atoms with Gasteiger partial charge in [0.05, 0.1) is 5.52 Å². The summed E-state index contributed by atoms with van der Waals surface area (Å²) in [6, 6.07) is 27.1. The smallest absolute Gasteiger partial charge is 0.0571 e. The summed E-state index contributed by atoms with van der Waals surface area (Å²) in [4.78, 5) is 0. The van der Waals surface area contributed by atoms with Crippen LogP contribution in [0.5, 0.6) is 0 Å². The SMILES string of the molecule is CCCCCCn1c2ccccc2c2ccc3c(ccc4c5ccccc5sc43)c21. The average molecular weight is 408 g/mol. The highest BCUT2D eigenvalue weighted by atomic mass is 32.1. The molecule has 0 N–H and O–H groups in total. The third-order valence-corrected chi connectivity index (χ3v) is 7.72. The Morgan fingerprint density at radius 1 is 0.633 bits per heavy atom. The molecule has 0 fully saturated rings. The zero-order chi connectivity index (χ0) is 20.1. The first-order chi connectivity index (χ1) is 14.9. The summed E-state index contributed by atoms with van der Waals surface area (Å²) in [5, 5.41) is 8.29. The summed E-state index contributed by atoms with van der Waals surface area (Å²) in [5.41, 5.74) is 2.78. The third-order valence-electron chi connectivity index (χ3n) is 6.50. The van der Waals surface area contributed by atoms with Crippen LogP contribution in [0.15, 0.2) is 72.8 Å². The Labute approximate surface area is 180 Å². The van der Waals surface area contributed by atoms with Crippen molar-refractivity contribution < 1.29 is 0 Å². The van der Waals surface area contributed by atoms with E-state index in [4.69, 9.17) is 0 Å². The molecule has 1 nitrogen and oxygen atoms in total. The number of para-hydroxylation sites is 1. The van der Waals surface area contributed by atoms with Crippen LogP contribution >= 0.6 is 11.3 Å². The molecule has 6 aromatic rings. The van der Waals surface area contributed by atoms with Gasteiger partial charge in [-0.25, -0.2) is 0 Å². The number of aryl methyl sites for hydroxylation is 1. The molecule has 0 spiro atoms. The number of benzene rings is 4. The second kappa shape index (κ2) is 7.14. The van der Waals surface area contributed by atoms with Crippen LogP contribution in [-0.4, -0.2) is 4.57 Å². The van der Waals surface area contributed by atoms with Crippen molar-refractivity contribution >= 4 is 64.1 Å². The first-order valence-corrected chi connectivity index (χ1v) is 11.9. The molecule has 4 aromatic carbocycles. The van der Waals surface area contributed by atoms with Crippen LogP contribution < -0.4 is 0 Å². The molecule has 0 unspecified atom stereocenters. The molecule has 0 atom stereocenters. The lowest BCUT2D eigenvalue weighted by atomic mass is 10.0. The van der Waals surface area contributed by atoms with E-state index in [1.54, 1.807) is 0 Å². The molecule has 30 heavy (non-hydrogen) atoms. The molecule has 0 saturated carbocycles. The van der Waals surface area contributed by atoms with Gasteiger partial charge in [0.25, 0.3) is 0 Å². The van der Waals surface area contributed by atoms with Crippen LogP contribution in [0.3, 0.4) is 0 Å². The van der Waals surface area contributed by atoms with E-state index in [2.05, 4.69) is 84.3 Å². The fourth-order valence-corrected chi connectivity index (χ4v) is 6.30. The number of thiophene rings is 1. The molecule has 148 valence electrons. The highest BCUT2D eigenvalue weighted by Crippen LogP contribution is 2.42. The van der Waals surface area contributed by atoms with Crippen molar-refractivity contribution in [3.8, 4) is 0 Å². The van der Waals surface area contributed by atoms with Gasteiger partial charge in [0.1, 0.15) is 0 Å². The van der Waals surface area contributed by atoms with Gasteiger partial charge < -0.3 is 4.57 Å². The third kappa shape index (κ3) is 2.60. The average Bonchev–Trinajstić information content (AvgIpc) is 3.33. The highest BCUT2D eigenvalue weighted by molar-refractivity contribution is 7.26. The number of aromatic nitrogens is 1. The summed E-state index contributed by atoms with van der Waals surface area (Å²) >= 11 is 1.93. The van der Waals surface area contributed by atoms with E-state index in [-0.39, 0.29) is 0 Å². The van der Waals surface area contributed by atoms with Gasteiger partial charge in [0.2, 0.25) is 0 Å². The Kier molecular flexibility index (Phi) is 4.28. The van der Waals surface area contributed by atoms with E-state index in [1.807, 2.05) is 11.3 Å². The molecule has 0 bridgehead atoms. The standard InChI is InChI=1S/C28H25NS/c1-2-3-4-9-18-29-25-12-7-5-10-19(25)21-14-17-24-22(27(21)29)15-16-23-20-11-6-8-13-26(20)30-28(23)24/h5-8,10-17H,2-4,9,18H2,1H3. The molecule has 0 amide bonds. The van der Waals surface area contributed by atoms with Crippen molar-refractivity contribution in [1.82, 2.24) is 4.57 Å². The first-order valence-electron chi connectivity index (χ1n) is 11.1. The van der Waals surface area contributed by atoms with Gasteiger partial charge in [-0.2, -0.15) is 0 Å². The maximum absolute atomic E-state index is 2.59. The van der Waals surface area contributed by atoms with Crippen LogP contribution in [0, 0.1) is 0 Å². The topological polar surface area (TPSA) is 4.93 Å². The molecular weight excluding hydrogens is 382 g/mol. The monoisotopic (exact) mass is 407 g/mol. The minimum atomic E-state index is 1.09. The van der Waals surface area contributed by atoms with Crippen molar-refractivity contribution in [3.63, 3.8) is 0 Å². The zero-order valence-electron chi connectivity index (χ0n) is 17.3. The van der Waals surface area contributed by atoms with Crippen LogP contribution in [-0.2, 0) is 6.54 Å². The summed E-state index contributed by atoms with van der Waals surface area (Å²) < 4.78 is 5.38. The molecule has 6 rings (SSSR count). The Morgan fingerprint density at radius 2 is 1.30 bits per heavy atom. The van der Waals surface area contributed by atoms with E-state index in [9.17, 15) is 0 Å². The minimum absolute atomic E-state index is 1.09. The van der Waals surface area contributed by atoms with Gasteiger partial charge in [0, 0.05) is 53.8 Å². The molecule has 0 radical (unpaired) electrons. The summed E-state index contributed by atoms with van der Waals surface area (Å²) in [6.45, 7) is 3.37. The van der Waals surface area contributed by atoms with Crippen molar-refractivity contribution in [2.45, 2.75) is 39.2 Å². The van der Waals surface area contributed by atoms with Gasteiger partial charge in [-0.1, -0.05) is 86.8 Å². The van der Waals surface area contributed by atoms with Crippen LogP contribution in [0.2, 0.25) is 0 Å². The maximum atomic E-state index is 2.59. The van der Waals surface area contributed by atoms with Gasteiger partial charge in [-0.05, 0) is 18.6 Å². The van der Waals surface area contributed by atoms with E-state index >= 15 is 0 Å². The summed E-state index contributed by atoms with van der Waals surface area (Å²) in [7, 11) is 0. The Morgan fingerprint density at radius 3 is 2.13 bits per heavy atom. The Hall–Kier alpha value is -2.84. The van der Waals surface area contributed by atoms with Gasteiger partial charge in [-0.3, -0.25) is 0 Å². The van der Waals surface area contributed by atoms with Gasteiger partial charge >= 0.3 is 0 Å². The predicted octanol–water partition coefficient (Wildman–Crippen LogP) is 8.90. The number of fused-ring (bicyclic) bond motifs is 9. The van der Waals surface area contributed by atoms with Crippen molar-refractivity contribution in [2.24, 2.45) is 0 Å². The number of hydrogen-bond acceptors (Lipinski definition) is 1. The number of hydrogen-bond donors (Lipinski definition) is 0. The molecule has 2 heteroatoms. The van der Waals surface area contributed by atoms with E-state index in [0.717, 1.165) is 6.54 Å².